The monoisotopic (exact) mass is 549 g/mol. The number of pyridine rings is 1. The van der Waals surface area contributed by atoms with Gasteiger partial charge < -0.3 is 9.64 Å². The normalized spacial score (nSPS) is 13.7. The van der Waals surface area contributed by atoms with E-state index in [4.69, 9.17) is 21.3 Å². The maximum Gasteiger partial charge on any atom is 0.185 e. The van der Waals surface area contributed by atoms with Crippen molar-refractivity contribution in [3.63, 3.8) is 0 Å². The standard InChI is InChI=1S/C32H28ClN5O2/c33-26-10-7-11-28(20-26)38-21-27(35-36-38)22-40-29-12-6-9-24(19-29)31(39)15-14-25-18-23-8-2-3-13-30(23)34-32(25)37-16-4-1-5-17-37/h2-3,6-15,18-21H,1,4-5,16-17,22H2/b15-14+. The average molecular weight is 550 g/mol. The molecule has 0 amide bonds. The van der Waals surface area contributed by atoms with E-state index in [0.717, 1.165) is 53.9 Å². The van der Waals surface area contributed by atoms with Crippen LogP contribution in [0.2, 0.25) is 5.02 Å². The van der Waals surface area contributed by atoms with Crippen LogP contribution in [0.5, 0.6) is 5.75 Å². The van der Waals surface area contributed by atoms with Crippen molar-refractivity contribution in [2.24, 2.45) is 0 Å². The molecule has 0 bridgehead atoms. The number of benzene rings is 3. The molecule has 0 unspecified atom stereocenters. The van der Waals surface area contributed by atoms with E-state index in [-0.39, 0.29) is 12.4 Å². The molecule has 7 nitrogen and oxygen atoms in total. The van der Waals surface area contributed by atoms with Gasteiger partial charge in [-0.2, -0.15) is 0 Å². The molecule has 0 N–H and O–H groups in total. The largest absolute Gasteiger partial charge is 0.487 e. The van der Waals surface area contributed by atoms with E-state index in [1.807, 2.05) is 60.7 Å². The lowest BCUT2D eigenvalue weighted by Gasteiger charge is -2.29. The number of rotatable bonds is 8. The summed E-state index contributed by atoms with van der Waals surface area (Å²) >= 11 is 6.08. The number of anilines is 1. The Morgan fingerprint density at radius 2 is 1.80 bits per heavy atom. The number of piperidine rings is 1. The van der Waals surface area contributed by atoms with E-state index < -0.39 is 0 Å². The second kappa shape index (κ2) is 11.7. The fourth-order valence-corrected chi connectivity index (χ4v) is 5.06. The Labute approximate surface area is 237 Å². The second-order valence-electron chi connectivity index (χ2n) is 9.79. The van der Waals surface area contributed by atoms with Gasteiger partial charge in [-0.05, 0) is 73.9 Å². The second-order valence-corrected chi connectivity index (χ2v) is 10.2. The van der Waals surface area contributed by atoms with Gasteiger partial charge in [-0.25, -0.2) is 9.67 Å². The van der Waals surface area contributed by atoms with Crippen LogP contribution in [0.25, 0.3) is 22.7 Å². The summed E-state index contributed by atoms with van der Waals surface area (Å²) in [5, 5.41) is 10.0. The molecule has 0 aliphatic carbocycles. The predicted molar refractivity (Wildman–Crippen MR) is 158 cm³/mol. The van der Waals surface area contributed by atoms with E-state index in [9.17, 15) is 4.79 Å². The van der Waals surface area contributed by atoms with Gasteiger partial charge in [-0.1, -0.05) is 53.2 Å². The smallest absolute Gasteiger partial charge is 0.185 e. The van der Waals surface area contributed by atoms with Crippen LogP contribution < -0.4 is 9.64 Å². The van der Waals surface area contributed by atoms with Crippen molar-refractivity contribution >= 4 is 40.2 Å². The molecule has 8 heteroatoms. The van der Waals surface area contributed by atoms with Crippen LogP contribution >= 0.6 is 11.6 Å². The SMILES string of the molecule is O=C(/C=C/c1cc2ccccc2nc1N1CCCCC1)c1cccc(OCc2cn(-c3cccc(Cl)c3)nn2)c1. The average Bonchev–Trinajstić information content (AvgIpc) is 3.48. The number of para-hydroxylation sites is 1. The van der Waals surface area contributed by atoms with E-state index in [1.165, 1.54) is 6.42 Å². The van der Waals surface area contributed by atoms with Gasteiger partial charge in [0.1, 0.15) is 23.9 Å². The summed E-state index contributed by atoms with van der Waals surface area (Å²) in [4.78, 5) is 20.5. The topological polar surface area (TPSA) is 73.1 Å². The molecular weight excluding hydrogens is 522 g/mol. The number of aromatic nitrogens is 4. The number of carbonyl (C=O) groups is 1. The zero-order valence-corrected chi connectivity index (χ0v) is 22.7. The Balaban J connectivity index is 1.17. The van der Waals surface area contributed by atoms with Gasteiger partial charge in [0.25, 0.3) is 0 Å². The van der Waals surface area contributed by atoms with Gasteiger partial charge in [0, 0.05) is 34.6 Å². The molecule has 3 heterocycles. The fraction of sp³-hybridized carbons (Fsp3) is 0.188. The van der Waals surface area contributed by atoms with E-state index in [0.29, 0.717) is 22.0 Å². The maximum atomic E-state index is 13.2. The van der Waals surface area contributed by atoms with Gasteiger partial charge in [-0.3, -0.25) is 4.79 Å². The number of ether oxygens (including phenoxy) is 1. The van der Waals surface area contributed by atoms with Crippen molar-refractivity contribution in [1.29, 1.82) is 0 Å². The van der Waals surface area contributed by atoms with Crippen molar-refractivity contribution < 1.29 is 9.53 Å². The molecule has 40 heavy (non-hydrogen) atoms. The molecular formula is C32H28ClN5O2. The molecule has 0 spiro atoms. The van der Waals surface area contributed by atoms with Crippen LogP contribution in [0.1, 0.15) is 40.9 Å². The Morgan fingerprint density at radius 3 is 2.67 bits per heavy atom. The third-order valence-corrected chi connectivity index (χ3v) is 7.16. The molecule has 1 fully saturated rings. The highest BCUT2D eigenvalue weighted by atomic mass is 35.5. The maximum absolute atomic E-state index is 13.2. The third kappa shape index (κ3) is 5.90. The molecule has 0 radical (unpaired) electrons. The summed E-state index contributed by atoms with van der Waals surface area (Å²) in [6.07, 6.45) is 8.84. The van der Waals surface area contributed by atoms with Crippen LogP contribution in [-0.4, -0.2) is 38.9 Å². The van der Waals surface area contributed by atoms with Crippen molar-refractivity contribution in [3.8, 4) is 11.4 Å². The van der Waals surface area contributed by atoms with Crippen molar-refractivity contribution in [2.75, 3.05) is 18.0 Å². The molecule has 2 aromatic heterocycles. The zero-order valence-electron chi connectivity index (χ0n) is 21.9. The number of nitrogens with zero attached hydrogens (tertiary/aromatic N) is 5. The first-order valence-electron chi connectivity index (χ1n) is 13.4. The van der Waals surface area contributed by atoms with Crippen LogP contribution in [0.3, 0.4) is 0 Å². The van der Waals surface area contributed by atoms with Crippen LogP contribution in [0, 0.1) is 0 Å². The summed E-state index contributed by atoms with van der Waals surface area (Å²) in [6.45, 7) is 2.18. The number of halogens is 1. The fourth-order valence-electron chi connectivity index (χ4n) is 4.87. The summed E-state index contributed by atoms with van der Waals surface area (Å²) in [6, 6.07) is 24.8. The summed E-state index contributed by atoms with van der Waals surface area (Å²) in [5.41, 5.74) is 3.93. The van der Waals surface area contributed by atoms with Gasteiger partial charge in [0.2, 0.25) is 0 Å². The first-order chi connectivity index (χ1) is 19.6. The quantitative estimate of drug-likeness (QED) is 0.154. The Bertz CT molecular complexity index is 1690. The molecule has 0 saturated carbocycles. The van der Waals surface area contributed by atoms with E-state index >= 15 is 0 Å². The third-order valence-electron chi connectivity index (χ3n) is 6.92. The Kier molecular flexibility index (Phi) is 7.55. The summed E-state index contributed by atoms with van der Waals surface area (Å²) in [7, 11) is 0. The van der Waals surface area contributed by atoms with Gasteiger partial charge >= 0.3 is 0 Å². The molecule has 3 aromatic carbocycles. The van der Waals surface area contributed by atoms with Gasteiger partial charge in [0.15, 0.2) is 5.78 Å². The first kappa shape index (κ1) is 25.8. The van der Waals surface area contributed by atoms with Crippen molar-refractivity contribution in [3.05, 3.63) is 113 Å². The number of carbonyl (C=O) groups excluding carboxylic acids is 1. The molecule has 200 valence electrons. The van der Waals surface area contributed by atoms with Crippen molar-refractivity contribution in [2.45, 2.75) is 25.9 Å². The molecule has 5 aromatic rings. The molecule has 1 aliphatic heterocycles. The van der Waals surface area contributed by atoms with E-state index in [1.54, 1.807) is 29.1 Å². The summed E-state index contributed by atoms with van der Waals surface area (Å²) < 4.78 is 7.58. The molecule has 0 atom stereocenters. The van der Waals surface area contributed by atoms with Gasteiger partial charge in [-0.15, -0.1) is 5.10 Å². The number of fused-ring (bicyclic) bond motifs is 1. The molecule has 1 saturated heterocycles. The predicted octanol–water partition coefficient (Wildman–Crippen LogP) is 6.93. The Morgan fingerprint density at radius 1 is 0.950 bits per heavy atom. The van der Waals surface area contributed by atoms with Crippen LogP contribution in [0.15, 0.2) is 91.1 Å². The lowest BCUT2D eigenvalue weighted by Crippen LogP contribution is -2.30. The number of ketones is 1. The zero-order chi connectivity index (χ0) is 27.3. The lowest BCUT2D eigenvalue weighted by atomic mass is 10.1. The highest BCUT2D eigenvalue weighted by molar-refractivity contribution is 6.30. The van der Waals surface area contributed by atoms with E-state index in [2.05, 4.69) is 27.3 Å². The Hall–Kier alpha value is -4.49. The highest BCUT2D eigenvalue weighted by Gasteiger charge is 2.16. The van der Waals surface area contributed by atoms with Gasteiger partial charge in [0.05, 0.1) is 17.4 Å². The van der Waals surface area contributed by atoms with Crippen LogP contribution in [0.4, 0.5) is 5.82 Å². The minimum absolute atomic E-state index is 0.102. The number of allylic oxidation sites excluding steroid dienone is 1. The number of hydrogen-bond donors (Lipinski definition) is 0. The first-order valence-corrected chi connectivity index (χ1v) is 13.8. The van der Waals surface area contributed by atoms with Crippen molar-refractivity contribution in [1.82, 2.24) is 20.0 Å². The minimum atomic E-state index is -0.102. The summed E-state index contributed by atoms with van der Waals surface area (Å²) in [5.74, 6) is 1.42. The number of hydrogen-bond acceptors (Lipinski definition) is 6. The molecule has 1 aliphatic rings. The lowest BCUT2D eigenvalue weighted by molar-refractivity contribution is 0.104. The molecule has 6 rings (SSSR count). The highest BCUT2D eigenvalue weighted by Crippen LogP contribution is 2.27. The minimum Gasteiger partial charge on any atom is -0.487 e. The van der Waals surface area contributed by atoms with Crippen LogP contribution in [-0.2, 0) is 6.61 Å².